The van der Waals surface area contributed by atoms with Crippen LogP contribution in [0.1, 0.15) is 12.5 Å². The summed E-state index contributed by atoms with van der Waals surface area (Å²) in [5.41, 5.74) is 8.75. The molecule has 0 amide bonds. The van der Waals surface area contributed by atoms with Gasteiger partial charge in [-0.05, 0) is 0 Å². The number of hydrogen-bond donors (Lipinski definition) is 9. The van der Waals surface area contributed by atoms with Crippen molar-refractivity contribution in [3.05, 3.63) is 33.4 Å². The van der Waals surface area contributed by atoms with Crippen LogP contribution >= 0.6 is 23.5 Å². The zero-order valence-corrected chi connectivity index (χ0v) is 27.2. The molecule has 4 aromatic rings. The second-order valence-electron chi connectivity index (χ2n) is 10.9. The van der Waals surface area contributed by atoms with Crippen molar-refractivity contribution in [3.63, 3.8) is 0 Å². The number of nitrogens with one attached hydrogen (secondary N) is 2. The summed E-state index contributed by atoms with van der Waals surface area (Å²) >= 11 is 0. The number of aromatic nitrogens is 8. The number of aliphatic hydroxyl groups is 1. The summed E-state index contributed by atoms with van der Waals surface area (Å²) in [4.78, 5) is 85.6. The number of anilines is 2. The van der Waals surface area contributed by atoms with Crippen LogP contribution in [0.25, 0.3) is 22.3 Å². The van der Waals surface area contributed by atoms with E-state index in [0.29, 0.717) is 0 Å². The van der Waals surface area contributed by atoms with E-state index in [1.165, 1.54) is 0 Å². The van der Waals surface area contributed by atoms with Crippen molar-refractivity contribution < 1.29 is 70.5 Å². The van der Waals surface area contributed by atoms with Crippen LogP contribution in [0.5, 0.6) is 0 Å². The molecule has 7 rings (SSSR count). The van der Waals surface area contributed by atoms with E-state index in [0.717, 1.165) is 21.8 Å². The summed E-state index contributed by atoms with van der Waals surface area (Å²) in [5, 5.41) is 11.2. The number of phosphoric ester groups is 3. The van der Waals surface area contributed by atoms with Crippen LogP contribution in [0.3, 0.4) is 0 Å². The maximum absolute atomic E-state index is 13.3. The van der Waals surface area contributed by atoms with Crippen LogP contribution < -0.4 is 22.6 Å². The molecule has 272 valence electrons. The van der Waals surface area contributed by atoms with Crippen molar-refractivity contribution in [2.75, 3.05) is 24.7 Å². The highest BCUT2D eigenvalue weighted by Gasteiger charge is 2.56. The Kier molecular flexibility index (Phi) is 8.62. The van der Waals surface area contributed by atoms with Gasteiger partial charge in [0.15, 0.2) is 34.8 Å². The fourth-order valence-corrected chi connectivity index (χ4v) is 8.11. The Hall–Kier alpha value is -3.49. The van der Waals surface area contributed by atoms with E-state index >= 15 is 0 Å². The normalized spacial score (nSPS) is 35.5. The SMILES string of the molecule is Nc1nc2c(ncn2[C@@H]2O[C@@H]3COP(=O)(O)O[C@H]4[C@@H](OP(=O)(O)O)[C@H](n5cnc6c(=O)[nH]c(N)nc65)O[C@@H]4COP(=O)(O)O[C@H]3[C@H]2O)c(=O)[nH]1. The van der Waals surface area contributed by atoms with Gasteiger partial charge in [0.05, 0.1) is 25.9 Å². The van der Waals surface area contributed by atoms with Crippen LogP contribution in [-0.4, -0.2) is 114 Å². The zero-order valence-electron chi connectivity index (χ0n) is 24.5. The molecular formula is C20H25N10O17P3. The Labute approximate surface area is 274 Å². The van der Waals surface area contributed by atoms with Crippen LogP contribution in [0.2, 0.25) is 0 Å². The number of nitrogens with zero attached hydrogens (tertiary/aromatic N) is 6. The number of ether oxygens (including phenoxy) is 2. The van der Waals surface area contributed by atoms with E-state index < -0.39 is 96.9 Å². The molecule has 0 radical (unpaired) electrons. The Balaban J connectivity index is 1.22. The molecule has 2 unspecified atom stereocenters. The van der Waals surface area contributed by atoms with Crippen molar-refractivity contribution in [3.8, 4) is 0 Å². The minimum Gasteiger partial charge on any atom is -0.386 e. The van der Waals surface area contributed by atoms with E-state index in [1.807, 2.05) is 0 Å². The number of imidazole rings is 2. The lowest BCUT2D eigenvalue weighted by atomic mass is 10.1. The minimum atomic E-state index is -5.48. The lowest BCUT2D eigenvalue weighted by Crippen LogP contribution is -2.39. The Morgan fingerprint density at radius 3 is 1.82 bits per heavy atom. The molecule has 3 aliphatic rings. The minimum absolute atomic E-state index is 0.170. The average Bonchev–Trinajstić information content (AvgIpc) is 3.75. The first kappa shape index (κ1) is 34.9. The van der Waals surface area contributed by atoms with Gasteiger partial charge in [0.1, 0.15) is 36.6 Å². The van der Waals surface area contributed by atoms with Gasteiger partial charge in [0, 0.05) is 0 Å². The predicted molar refractivity (Wildman–Crippen MR) is 157 cm³/mol. The number of H-pyrrole nitrogens is 2. The van der Waals surface area contributed by atoms with Crippen molar-refractivity contribution in [2.45, 2.75) is 49.1 Å². The van der Waals surface area contributed by atoms with Gasteiger partial charge in [0.25, 0.3) is 11.1 Å². The Morgan fingerprint density at radius 1 is 0.840 bits per heavy atom. The van der Waals surface area contributed by atoms with Crippen LogP contribution in [0.15, 0.2) is 22.2 Å². The lowest BCUT2D eigenvalue weighted by Gasteiger charge is -2.29. The van der Waals surface area contributed by atoms with Gasteiger partial charge in [-0.3, -0.25) is 51.3 Å². The van der Waals surface area contributed by atoms with Crippen LogP contribution in [0, 0.1) is 0 Å². The van der Waals surface area contributed by atoms with Crippen molar-refractivity contribution in [1.29, 1.82) is 0 Å². The molecule has 0 spiro atoms. The topological polar surface area (TPSA) is 396 Å². The number of nitrogen functional groups attached to an aromatic ring is 2. The van der Waals surface area contributed by atoms with Crippen LogP contribution in [-0.2, 0) is 45.8 Å². The Morgan fingerprint density at radius 2 is 1.30 bits per heavy atom. The molecule has 30 heteroatoms. The van der Waals surface area contributed by atoms with Crippen LogP contribution in [0.4, 0.5) is 11.9 Å². The molecule has 0 aliphatic carbocycles. The zero-order chi connectivity index (χ0) is 35.9. The average molecular weight is 770 g/mol. The third kappa shape index (κ3) is 6.54. The monoisotopic (exact) mass is 770 g/mol. The van der Waals surface area contributed by atoms with E-state index in [9.17, 15) is 48.0 Å². The number of rotatable bonds is 4. The molecule has 3 aliphatic heterocycles. The molecule has 10 atom stereocenters. The largest absolute Gasteiger partial charge is 0.472 e. The second kappa shape index (κ2) is 12.3. The van der Waals surface area contributed by atoms with Gasteiger partial charge in [-0.15, -0.1) is 0 Å². The first-order valence-electron chi connectivity index (χ1n) is 13.9. The summed E-state index contributed by atoms with van der Waals surface area (Å²) in [7, 11) is -16.1. The van der Waals surface area contributed by atoms with Gasteiger partial charge in [0.2, 0.25) is 11.9 Å². The molecule has 3 saturated heterocycles. The number of aliphatic hydroxyl groups excluding tert-OH is 1. The predicted octanol–water partition coefficient (Wildman–Crippen LogP) is -2.93. The van der Waals surface area contributed by atoms with Gasteiger partial charge in [-0.1, -0.05) is 0 Å². The molecular weight excluding hydrogens is 745 g/mol. The van der Waals surface area contributed by atoms with Crippen molar-refractivity contribution >= 4 is 57.7 Å². The highest BCUT2D eigenvalue weighted by molar-refractivity contribution is 7.47. The highest BCUT2D eigenvalue weighted by atomic mass is 31.2. The van der Waals surface area contributed by atoms with E-state index in [-0.39, 0.29) is 34.2 Å². The molecule has 11 N–H and O–H groups in total. The van der Waals surface area contributed by atoms with E-state index in [1.54, 1.807) is 0 Å². The van der Waals surface area contributed by atoms with Crippen molar-refractivity contribution in [1.82, 2.24) is 39.0 Å². The lowest BCUT2D eigenvalue weighted by molar-refractivity contribution is -0.0663. The summed E-state index contributed by atoms with van der Waals surface area (Å²) in [6.07, 6.45) is -12.5. The fourth-order valence-electron chi connectivity index (χ4n) is 5.64. The van der Waals surface area contributed by atoms with Crippen molar-refractivity contribution in [2.24, 2.45) is 0 Å². The van der Waals surface area contributed by atoms with Gasteiger partial charge in [-0.25, -0.2) is 23.7 Å². The third-order valence-corrected chi connectivity index (χ3v) is 10.1. The number of hydrogen-bond acceptors (Lipinski definition) is 19. The molecule has 0 bridgehead atoms. The third-order valence-electron chi connectivity index (χ3n) is 7.62. The second-order valence-corrected chi connectivity index (χ2v) is 14.9. The molecule has 7 heterocycles. The van der Waals surface area contributed by atoms with Gasteiger partial charge < -0.3 is 45.6 Å². The number of nitrogens with two attached hydrogens (primary N) is 2. The Bertz CT molecular complexity index is 2240. The number of phosphoric acid groups is 3. The summed E-state index contributed by atoms with van der Waals surface area (Å²) in [5.74, 6) is -0.708. The van der Waals surface area contributed by atoms with E-state index in [2.05, 4.69) is 29.9 Å². The summed E-state index contributed by atoms with van der Waals surface area (Å²) < 4.78 is 77.7. The maximum atomic E-state index is 13.3. The first-order chi connectivity index (χ1) is 23.4. The summed E-state index contributed by atoms with van der Waals surface area (Å²) in [6, 6.07) is 0. The quantitative estimate of drug-likeness (QED) is 0.0938. The van der Waals surface area contributed by atoms with Gasteiger partial charge in [-0.2, -0.15) is 9.97 Å². The summed E-state index contributed by atoms with van der Waals surface area (Å²) in [6.45, 7) is -2.03. The molecule has 4 aromatic heterocycles. The molecule has 27 nitrogen and oxygen atoms in total. The first-order valence-corrected chi connectivity index (χ1v) is 18.4. The molecule has 0 saturated carbocycles. The highest BCUT2D eigenvalue weighted by Crippen LogP contribution is 2.55. The fraction of sp³-hybridized carbons (Fsp3) is 0.500. The number of aromatic amines is 2. The molecule has 50 heavy (non-hydrogen) atoms. The van der Waals surface area contributed by atoms with Gasteiger partial charge >= 0.3 is 23.5 Å². The standard InChI is InChI=1S/C20H25N10O17P3/c21-19-25-13-7(15(32)27-19)23-3-29(13)17-9(31)10-5(43-17)1-41-50(39,40)47-11-6(2-42-49(37,38)46-10)44-18(12(11)45-48(34,35)36)30-4-24-8-14(30)26-20(22)28-16(8)33/h3-6,9-12,17-18,31H,1-2H2,(H,37,38)(H,39,40)(H2,34,35,36)(H3,21,25,27,32)(H3,22,26,28,33)/t5-,6-,9-,10-,11-,12-,17-,18-/m1/s1. The van der Waals surface area contributed by atoms with E-state index in [4.69, 9.17) is 43.6 Å². The molecule has 3 fully saturated rings. The maximum Gasteiger partial charge on any atom is 0.472 e. The smallest absolute Gasteiger partial charge is 0.386 e. The number of fused-ring (bicyclic) bond motifs is 4. The molecule has 0 aromatic carbocycles.